The predicted octanol–water partition coefficient (Wildman–Crippen LogP) is 1.47. The van der Waals surface area contributed by atoms with Crippen molar-refractivity contribution in [2.45, 2.75) is 26.3 Å². The first-order valence-corrected chi connectivity index (χ1v) is 7.49. The number of carbonyl (C=O) groups excluding carboxylic acids is 1. The van der Waals surface area contributed by atoms with E-state index in [9.17, 15) is 4.79 Å². The van der Waals surface area contributed by atoms with E-state index >= 15 is 0 Å². The Morgan fingerprint density at radius 1 is 1.30 bits per heavy atom. The number of aryl methyl sites for hydroxylation is 1. The van der Waals surface area contributed by atoms with E-state index in [1.54, 1.807) is 0 Å². The van der Waals surface area contributed by atoms with Crippen molar-refractivity contribution < 1.29 is 4.79 Å². The molecule has 1 saturated heterocycles. The van der Waals surface area contributed by atoms with Crippen LogP contribution in [0.2, 0.25) is 0 Å². The molecule has 0 bridgehead atoms. The van der Waals surface area contributed by atoms with Gasteiger partial charge in [-0.3, -0.25) is 4.79 Å². The first-order chi connectivity index (χ1) is 9.70. The lowest BCUT2D eigenvalue weighted by atomic mass is 10.0. The molecule has 1 heterocycles. The number of benzene rings is 1. The summed E-state index contributed by atoms with van der Waals surface area (Å²) in [5.41, 5.74) is 2.44. The lowest BCUT2D eigenvalue weighted by Crippen LogP contribution is -2.47. The van der Waals surface area contributed by atoms with Crippen LogP contribution >= 0.6 is 0 Å². The molecule has 1 aliphatic rings. The third-order valence-electron chi connectivity index (χ3n) is 3.78. The highest BCUT2D eigenvalue weighted by atomic mass is 16.2. The number of carbonyl (C=O) groups is 1. The number of amides is 1. The van der Waals surface area contributed by atoms with E-state index < -0.39 is 0 Å². The van der Waals surface area contributed by atoms with Gasteiger partial charge < -0.3 is 15.5 Å². The van der Waals surface area contributed by atoms with Gasteiger partial charge in [-0.25, -0.2) is 0 Å². The Morgan fingerprint density at radius 3 is 2.55 bits per heavy atom. The standard InChI is InChI=1S/C16H25N3O/c1-3-18-15(14-6-4-13(2)5-7-14)12-16(20)19-10-8-17-9-11-19/h4-7,15,17-18H,3,8-12H2,1-2H3/t15-/m1/s1. The number of nitrogens with one attached hydrogen (secondary N) is 2. The summed E-state index contributed by atoms with van der Waals surface area (Å²) in [7, 11) is 0. The van der Waals surface area contributed by atoms with Gasteiger partial charge >= 0.3 is 0 Å². The lowest BCUT2D eigenvalue weighted by molar-refractivity contribution is -0.132. The molecule has 0 spiro atoms. The summed E-state index contributed by atoms with van der Waals surface area (Å²) in [6.07, 6.45) is 0.539. The fourth-order valence-corrected chi connectivity index (χ4v) is 2.57. The van der Waals surface area contributed by atoms with E-state index in [2.05, 4.69) is 48.7 Å². The third-order valence-corrected chi connectivity index (χ3v) is 3.78. The fraction of sp³-hybridized carbons (Fsp3) is 0.562. The van der Waals surface area contributed by atoms with Crippen molar-refractivity contribution in [3.8, 4) is 0 Å². The second-order valence-corrected chi connectivity index (χ2v) is 5.36. The van der Waals surface area contributed by atoms with Crippen LogP contribution in [0.25, 0.3) is 0 Å². The maximum atomic E-state index is 12.4. The van der Waals surface area contributed by atoms with Crippen molar-refractivity contribution in [2.75, 3.05) is 32.7 Å². The quantitative estimate of drug-likeness (QED) is 0.855. The highest BCUT2D eigenvalue weighted by molar-refractivity contribution is 5.77. The molecule has 1 aromatic carbocycles. The fourth-order valence-electron chi connectivity index (χ4n) is 2.57. The highest BCUT2D eigenvalue weighted by Crippen LogP contribution is 2.18. The molecule has 110 valence electrons. The molecule has 4 heteroatoms. The Hall–Kier alpha value is -1.39. The van der Waals surface area contributed by atoms with E-state index in [-0.39, 0.29) is 11.9 Å². The smallest absolute Gasteiger partial charge is 0.224 e. The average molecular weight is 275 g/mol. The molecule has 1 amide bonds. The predicted molar refractivity (Wildman–Crippen MR) is 81.7 cm³/mol. The molecular formula is C16H25N3O. The minimum absolute atomic E-state index is 0.114. The SMILES string of the molecule is CCN[C@H](CC(=O)N1CCNCC1)c1ccc(C)cc1. The molecule has 0 aliphatic carbocycles. The van der Waals surface area contributed by atoms with Gasteiger partial charge in [0, 0.05) is 38.6 Å². The van der Waals surface area contributed by atoms with Crippen molar-refractivity contribution in [1.29, 1.82) is 0 Å². The monoisotopic (exact) mass is 275 g/mol. The van der Waals surface area contributed by atoms with Gasteiger partial charge in [-0.1, -0.05) is 36.8 Å². The Kier molecular flexibility index (Phi) is 5.56. The molecule has 0 radical (unpaired) electrons. The molecule has 1 aromatic rings. The largest absolute Gasteiger partial charge is 0.340 e. The zero-order valence-corrected chi connectivity index (χ0v) is 12.5. The molecule has 0 unspecified atom stereocenters. The number of hydrogen-bond donors (Lipinski definition) is 2. The minimum Gasteiger partial charge on any atom is -0.340 e. The molecule has 0 saturated carbocycles. The van der Waals surface area contributed by atoms with Crippen molar-refractivity contribution >= 4 is 5.91 Å². The van der Waals surface area contributed by atoms with Crippen LogP contribution in [0.4, 0.5) is 0 Å². The van der Waals surface area contributed by atoms with Crippen LogP contribution in [0.5, 0.6) is 0 Å². The topological polar surface area (TPSA) is 44.4 Å². The van der Waals surface area contributed by atoms with Crippen LogP contribution in [0.1, 0.15) is 30.5 Å². The van der Waals surface area contributed by atoms with E-state index in [4.69, 9.17) is 0 Å². The summed E-state index contributed by atoms with van der Waals surface area (Å²) in [4.78, 5) is 14.3. The van der Waals surface area contributed by atoms with E-state index in [0.717, 1.165) is 32.7 Å². The molecular weight excluding hydrogens is 250 g/mol. The third kappa shape index (κ3) is 4.05. The molecule has 0 aromatic heterocycles. The number of nitrogens with zero attached hydrogens (tertiary/aromatic N) is 1. The summed E-state index contributed by atoms with van der Waals surface area (Å²) in [5.74, 6) is 0.248. The van der Waals surface area contributed by atoms with Crippen LogP contribution in [-0.2, 0) is 4.79 Å². The first kappa shape index (κ1) is 15.0. The van der Waals surface area contributed by atoms with Crippen LogP contribution in [0.3, 0.4) is 0 Å². The summed E-state index contributed by atoms with van der Waals surface area (Å²) in [6, 6.07) is 8.56. The normalized spacial score (nSPS) is 17.0. The zero-order valence-electron chi connectivity index (χ0n) is 12.5. The number of piperazine rings is 1. The van der Waals surface area contributed by atoms with Crippen LogP contribution in [0, 0.1) is 6.92 Å². The Labute approximate surface area is 121 Å². The van der Waals surface area contributed by atoms with Gasteiger partial charge in [-0.2, -0.15) is 0 Å². The number of rotatable bonds is 5. The molecule has 4 nitrogen and oxygen atoms in total. The second-order valence-electron chi connectivity index (χ2n) is 5.36. The van der Waals surface area contributed by atoms with Gasteiger partial charge in [-0.05, 0) is 19.0 Å². The van der Waals surface area contributed by atoms with E-state index in [1.807, 2.05) is 4.90 Å². The van der Waals surface area contributed by atoms with Crippen molar-refractivity contribution in [3.63, 3.8) is 0 Å². The highest BCUT2D eigenvalue weighted by Gasteiger charge is 2.21. The van der Waals surface area contributed by atoms with Crippen molar-refractivity contribution in [3.05, 3.63) is 35.4 Å². The van der Waals surface area contributed by atoms with E-state index in [1.165, 1.54) is 11.1 Å². The Bertz CT molecular complexity index is 424. The molecule has 1 atom stereocenters. The average Bonchev–Trinajstić information content (AvgIpc) is 2.48. The molecule has 2 N–H and O–H groups in total. The zero-order chi connectivity index (χ0) is 14.4. The number of hydrogen-bond acceptors (Lipinski definition) is 3. The summed E-state index contributed by atoms with van der Waals surface area (Å²) < 4.78 is 0. The second kappa shape index (κ2) is 7.41. The van der Waals surface area contributed by atoms with Gasteiger partial charge in [0.2, 0.25) is 5.91 Å². The Balaban J connectivity index is 2.01. The van der Waals surface area contributed by atoms with Crippen LogP contribution < -0.4 is 10.6 Å². The molecule has 1 aliphatic heterocycles. The van der Waals surface area contributed by atoms with Gasteiger partial charge in [0.15, 0.2) is 0 Å². The van der Waals surface area contributed by atoms with Crippen molar-refractivity contribution in [2.24, 2.45) is 0 Å². The molecule has 20 heavy (non-hydrogen) atoms. The maximum absolute atomic E-state index is 12.4. The summed E-state index contributed by atoms with van der Waals surface area (Å²) >= 11 is 0. The molecule has 1 fully saturated rings. The Morgan fingerprint density at radius 2 is 1.95 bits per heavy atom. The van der Waals surface area contributed by atoms with Crippen molar-refractivity contribution in [1.82, 2.24) is 15.5 Å². The van der Waals surface area contributed by atoms with Gasteiger partial charge in [-0.15, -0.1) is 0 Å². The lowest BCUT2D eigenvalue weighted by Gasteiger charge is -2.29. The first-order valence-electron chi connectivity index (χ1n) is 7.49. The van der Waals surface area contributed by atoms with Gasteiger partial charge in [0.1, 0.15) is 0 Å². The molecule has 2 rings (SSSR count). The maximum Gasteiger partial charge on any atom is 0.224 e. The van der Waals surface area contributed by atoms with Crippen LogP contribution in [0.15, 0.2) is 24.3 Å². The summed E-state index contributed by atoms with van der Waals surface area (Å²) in [6.45, 7) is 8.49. The summed E-state index contributed by atoms with van der Waals surface area (Å²) in [5, 5.41) is 6.70. The van der Waals surface area contributed by atoms with E-state index in [0.29, 0.717) is 6.42 Å². The van der Waals surface area contributed by atoms with Crippen LogP contribution in [-0.4, -0.2) is 43.5 Å². The minimum atomic E-state index is 0.114. The van der Waals surface area contributed by atoms with Gasteiger partial charge in [0.05, 0.1) is 0 Å². The van der Waals surface area contributed by atoms with Gasteiger partial charge in [0.25, 0.3) is 0 Å².